The van der Waals surface area contributed by atoms with Gasteiger partial charge in [-0.1, -0.05) is 26.0 Å². The Balaban J connectivity index is 2.04. The van der Waals surface area contributed by atoms with Crippen molar-refractivity contribution in [2.75, 3.05) is 33.4 Å². The molecule has 0 unspecified atom stereocenters. The molecule has 0 N–H and O–H groups in total. The molecule has 0 spiro atoms. The molecule has 0 atom stereocenters. The normalized spacial score (nSPS) is 11.8. The Kier molecular flexibility index (Phi) is 6.79. The molecule has 7 nitrogen and oxygen atoms in total. The average Bonchev–Trinajstić information content (AvgIpc) is 3.19. The van der Waals surface area contributed by atoms with Gasteiger partial charge in [-0.15, -0.1) is 0 Å². The van der Waals surface area contributed by atoms with Gasteiger partial charge in [-0.25, -0.2) is 14.3 Å². The van der Waals surface area contributed by atoms with E-state index in [0.29, 0.717) is 22.4 Å². The molecule has 0 aliphatic heterocycles. The van der Waals surface area contributed by atoms with Gasteiger partial charge in [-0.2, -0.15) is 18.3 Å². The SMILES string of the molecule is CCN(CC)CCOC(=O)c1cnn2c(C(F)(F)F)cc(-c3ccccc3OC)nc12. The summed E-state index contributed by atoms with van der Waals surface area (Å²) in [5, 5.41) is 3.75. The van der Waals surface area contributed by atoms with E-state index in [9.17, 15) is 18.0 Å². The van der Waals surface area contributed by atoms with Gasteiger partial charge >= 0.3 is 12.1 Å². The van der Waals surface area contributed by atoms with E-state index in [0.717, 1.165) is 25.4 Å². The molecule has 0 bridgehead atoms. The van der Waals surface area contributed by atoms with Crippen molar-refractivity contribution in [3.8, 4) is 17.0 Å². The number of likely N-dealkylation sites (N-methyl/N-ethyl adjacent to an activating group) is 1. The molecular weight excluding hydrogens is 413 g/mol. The minimum Gasteiger partial charge on any atom is -0.496 e. The number of benzene rings is 1. The number of nitrogens with zero attached hydrogens (tertiary/aromatic N) is 4. The lowest BCUT2D eigenvalue weighted by molar-refractivity contribution is -0.142. The summed E-state index contributed by atoms with van der Waals surface area (Å²) in [4.78, 5) is 18.9. The fourth-order valence-corrected chi connectivity index (χ4v) is 3.19. The topological polar surface area (TPSA) is 69.0 Å². The van der Waals surface area contributed by atoms with Crippen LogP contribution in [0.3, 0.4) is 0 Å². The van der Waals surface area contributed by atoms with Gasteiger partial charge in [0.15, 0.2) is 11.3 Å². The predicted octanol–water partition coefficient (Wildman–Crippen LogP) is 3.92. The predicted molar refractivity (Wildman–Crippen MR) is 108 cm³/mol. The third-order valence-electron chi connectivity index (χ3n) is 4.90. The maximum absolute atomic E-state index is 13.7. The number of ether oxygens (including phenoxy) is 2. The van der Waals surface area contributed by atoms with Crippen molar-refractivity contribution in [2.24, 2.45) is 0 Å². The van der Waals surface area contributed by atoms with Crippen molar-refractivity contribution >= 4 is 11.6 Å². The number of rotatable bonds is 8. The van der Waals surface area contributed by atoms with Gasteiger partial charge in [0.05, 0.1) is 19.0 Å². The Hall–Kier alpha value is -3.14. The molecule has 0 amide bonds. The molecule has 0 radical (unpaired) electrons. The molecule has 0 aliphatic carbocycles. The van der Waals surface area contributed by atoms with Crippen molar-refractivity contribution in [1.82, 2.24) is 19.5 Å². The zero-order valence-electron chi connectivity index (χ0n) is 17.4. The monoisotopic (exact) mass is 436 g/mol. The summed E-state index contributed by atoms with van der Waals surface area (Å²) in [5.41, 5.74) is -1.05. The first-order valence-electron chi connectivity index (χ1n) is 9.79. The highest BCUT2D eigenvalue weighted by Gasteiger charge is 2.36. The molecule has 10 heteroatoms. The third-order valence-corrected chi connectivity index (χ3v) is 4.90. The number of methoxy groups -OCH3 is 1. The van der Waals surface area contributed by atoms with Crippen LogP contribution in [0.4, 0.5) is 13.2 Å². The summed E-state index contributed by atoms with van der Waals surface area (Å²) in [6.07, 6.45) is -3.67. The van der Waals surface area contributed by atoms with Crippen LogP contribution in [-0.2, 0) is 10.9 Å². The van der Waals surface area contributed by atoms with E-state index >= 15 is 0 Å². The zero-order chi connectivity index (χ0) is 22.6. The van der Waals surface area contributed by atoms with Crippen LogP contribution in [0, 0.1) is 0 Å². The summed E-state index contributed by atoms with van der Waals surface area (Å²) < 4.78 is 52.3. The van der Waals surface area contributed by atoms with Crippen molar-refractivity contribution in [1.29, 1.82) is 0 Å². The number of halogens is 3. The van der Waals surface area contributed by atoms with Crippen LogP contribution < -0.4 is 4.74 Å². The first-order chi connectivity index (χ1) is 14.8. The number of aromatic nitrogens is 3. The van der Waals surface area contributed by atoms with Gasteiger partial charge in [0.2, 0.25) is 0 Å². The van der Waals surface area contributed by atoms with Crippen molar-refractivity contribution in [3.05, 3.63) is 47.8 Å². The Bertz CT molecular complexity index is 1060. The van der Waals surface area contributed by atoms with Crippen molar-refractivity contribution in [2.45, 2.75) is 20.0 Å². The maximum atomic E-state index is 13.7. The molecule has 2 aromatic heterocycles. The minimum atomic E-state index is -4.71. The Morgan fingerprint density at radius 1 is 1.19 bits per heavy atom. The lowest BCUT2D eigenvalue weighted by Crippen LogP contribution is -2.27. The number of carbonyl (C=O) groups is 1. The Morgan fingerprint density at radius 2 is 1.90 bits per heavy atom. The second-order valence-corrected chi connectivity index (χ2v) is 6.68. The van der Waals surface area contributed by atoms with Crippen LogP contribution in [0.15, 0.2) is 36.5 Å². The van der Waals surface area contributed by atoms with E-state index < -0.39 is 17.8 Å². The molecule has 0 aliphatic rings. The molecule has 31 heavy (non-hydrogen) atoms. The van der Waals surface area contributed by atoms with E-state index in [-0.39, 0.29) is 23.5 Å². The Labute approximate surface area is 177 Å². The molecular formula is C21H23F3N4O3. The number of hydrogen-bond acceptors (Lipinski definition) is 6. The van der Waals surface area contributed by atoms with E-state index in [1.165, 1.54) is 7.11 Å². The lowest BCUT2D eigenvalue weighted by atomic mass is 10.1. The third kappa shape index (κ3) is 4.79. The quantitative estimate of drug-likeness (QED) is 0.499. The van der Waals surface area contributed by atoms with Crippen molar-refractivity contribution < 1.29 is 27.4 Å². The Morgan fingerprint density at radius 3 is 2.55 bits per heavy atom. The highest BCUT2D eigenvalue weighted by atomic mass is 19.4. The number of esters is 1. The summed E-state index contributed by atoms with van der Waals surface area (Å²) in [7, 11) is 1.42. The summed E-state index contributed by atoms with van der Waals surface area (Å²) in [5.74, 6) is -0.421. The second-order valence-electron chi connectivity index (χ2n) is 6.68. The standard InChI is InChI=1S/C21H23F3N4O3/c1-4-27(5-2)10-11-31-20(29)15-13-25-28-18(21(22,23)24)12-16(26-19(15)28)14-8-6-7-9-17(14)30-3/h6-9,12-13H,4-5,10-11H2,1-3H3. The summed E-state index contributed by atoms with van der Waals surface area (Å²) in [6.45, 7) is 6.19. The molecule has 3 rings (SSSR count). The highest BCUT2D eigenvalue weighted by Crippen LogP contribution is 2.35. The molecule has 0 fully saturated rings. The van der Waals surface area contributed by atoms with Gasteiger partial charge in [0, 0.05) is 12.1 Å². The first-order valence-corrected chi connectivity index (χ1v) is 9.79. The maximum Gasteiger partial charge on any atom is 0.433 e. The van der Waals surface area contributed by atoms with E-state index in [2.05, 4.69) is 15.0 Å². The van der Waals surface area contributed by atoms with Crippen LogP contribution in [0.25, 0.3) is 16.9 Å². The van der Waals surface area contributed by atoms with Crippen LogP contribution in [-0.4, -0.2) is 58.8 Å². The van der Waals surface area contributed by atoms with E-state index in [4.69, 9.17) is 9.47 Å². The number of hydrogen-bond donors (Lipinski definition) is 0. The number of fused-ring (bicyclic) bond motifs is 1. The van der Waals surface area contributed by atoms with Gasteiger partial charge in [-0.05, 0) is 31.3 Å². The highest BCUT2D eigenvalue weighted by molar-refractivity contribution is 5.96. The molecule has 3 aromatic rings. The number of para-hydroxylation sites is 1. The molecule has 0 saturated carbocycles. The van der Waals surface area contributed by atoms with E-state index in [1.807, 2.05) is 13.8 Å². The van der Waals surface area contributed by atoms with Crippen LogP contribution in [0.1, 0.15) is 29.9 Å². The van der Waals surface area contributed by atoms with Crippen LogP contribution in [0.5, 0.6) is 5.75 Å². The average molecular weight is 436 g/mol. The smallest absolute Gasteiger partial charge is 0.433 e. The van der Waals surface area contributed by atoms with E-state index in [1.54, 1.807) is 24.3 Å². The van der Waals surface area contributed by atoms with Crippen LogP contribution in [0.2, 0.25) is 0 Å². The fourth-order valence-electron chi connectivity index (χ4n) is 3.19. The largest absolute Gasteiger partial charge is 0.496 e. The lowest BCUT2D eigenvalue weighted by Gasteiger charge is -2.17. The minimum absolute atomic E-state index is 0.00923. The van der Waals surface area contributed by atoms with Gasteiger partial charge in [0.25, 0.3) is 0 Å². The van der Waals surface area contributed by atoms with Crippen molar-refractivity contribution in [3.63, 3.8) is 0 Å². The number of alkyl halides is 3. The fraction of sp³-hybridized carbons (Fsp3) is 0.381. The molecule has 1 aromatic carbocycles. The summed E-state index contributed by atoms with van der Waals surface area (Å²) in [6, 6.07) is 7.45. The zero-order valence-corrected chi connectivity index (χ0v) is 17.4. The van der Waals surface area contributed by atoms with Gasteiger partial charge in [0.1, 0.15) is 17.9 Å². The molecule has 166 valence electrons. The molecule has 2 heterocycles. The summed E-state index contributed by atoms with van der Waals surface area (Å²) >= 11 is 0. The molecule has 0 saturated heterocycles. The number of carbonyl (C=O) groups excluding carboxylic acids is 1. The second kappa shape index (κ2) is 9.34. The van der Waals surface area contributed by atoms with Gasteiger partial charge < -0.3 is 14.4 Å². The van der Waals surface area contributed by atoms with Gasteiger partial charge in [-0.3, -0.25) is 0 Å². The first kappa shape index (κ1) is 22.5. The van der Waals surface area contributed by atoms with Crippen LogP contribution >= 0.6 is 0 Å².